The third kappa shape index (κ3) is 15.4. The summed E-state index contributed by atoms with van der Waals surface area (Å²) in [5.41, 5.74) is 2.92. The lowest BCUT2D eigenvalue weighted by Crippen LogP contribution is -2.34. The first kappa shape index (κ1) is 25.6. The molecule has 1 rings (SSSR count). The zero-order chi connectivity index (χ0) is 20.8. The molecule has 0 spiro atoms. The number of aryl methyl sites for hydroxylation is 1. The Morgan fingerprint density at radius 1 is 0.852 bits per heavy atom. The summed E-state index contributed by atoms with van der Waals surface area (Å²) in [4.78, 5) is 11.2. The van der Waals surface area contributed by atoms with Crippen molar-refractivity contribution in [3.63, 3.8) is 0 Å². The van der Waals surface area contributed by atoms with Crippen LogP contribution >= 0.6 is 0 Å². The normalized spacial score (nSPS) is 11.1. The number of benzene rings is 1. The molecule has 0 fully saturated rings. The topological polar surface area (TPSA) is 41.1 Å². The molecule has 1 aromatic carbocycles. The van der Waals surface area contributed by atoms with E-state index in [0.717, 1.165) is 19.0 Å². The Bertz CT molecular complexity index is 490. The summed E-state index contributed by atoms with van der Waals surface area (Å²) in [6.07, 6.45) is 3.14. The van der Waals surface area contributed by atoms with Crippen LogP contribution in [0, 0.1) is 11.8 Å². The van der Waals surface area contributed by atoms with Crippen LogP contribution in [0.2, 0.25) is 0 Å². The molecule has 0 radical (unpaired) electrons. The maximum atomic E-state index is 11.2. The molecule has 0 aliphatic carbocycles. The van der Waals surface area contributed by atoms with Gasteiger partial charge in [0, 0.05) is 25.6 Å². The molecule has 0 saturated carbocycles. The molecular formula is C24H44N2O. The predicted molar refractivity (Wildman–Crippen MR) is 119 cm³/mol. The van der Waals surface area contributed by atoms with Crippen LogP contribution in [-0.4, -0.2) is 25.0 Å². The first-order chi connectivity index (χ1) is 12.6. The molecule has 0 aromatic heterocycles. The van der Waals surface area contributed by atoms with E-state index in [1.807, 2.05) is 13.8 Å². The van der Waals surface area contributed by atoms with Crippen molar-refractivity contribution in [2.24, 2.45) is 11.8 Å². The van der Waals surface area contributed by atoms with E-state index in [1.54, 1.807) is 0 Å². The summed E-state index contributed by atoms with van der Waals surface area (Å²) in [6, 6.07) is 9.57. The highest BCUT2D eigenvalue weighted by atomic mass is 16.1. The Balaban J connectivity index is 0.000000503. The monoisotopic (exact) mass is 376 g/mol. The van der Waals surface area contributed by atoms with Crippen LogP contribution in [0.25, 0.3) is 0 Å². The highest BCUT2D eigenvalue weighted by Gasteiger charge is 2.03. The smallest absolute Gasteiger partial charge is 0.220 e. The van der Waals surface area contributed by atoms with Gasteiger partial charge in [-0.15, -0.1) is 0 Å². The SMILES string of the molecule is CC(C)CC(=O)NCCNC(C)C.CC(C)CCc1ccc(C(C)C)cc1. The number of amides is 1. The first-order valence-electron chi connectivity index (χ1n) is 10.7. The highest BCUT2D eigenvalue weighted by molar-refractivity contribution is 5.75. The second kappa shape index (κ2) is 14.7. The van der Waals surface area contributed by atoms with Gasteiger partial charge in [0.1, 0.15) is 0 Å². The lowest BCUT2D eigenvalue weighted by molar-refractivity contribution is -0.121. The largest absolute Gasteiger partial charge is 0.355 e. The van der Waals surface area contributed by atoms with Crippen molar-refractivity contribution < 1.29 is 4.79 Å². The van der Waals surface area contributed by atoms with E-state index >= 15 is 0 Å². The van der Waals surface area contributed by atoms with Gasteiger partial charge in [0.25, 0.3) is 0 Å². The second-order valence-corrected chi connectivity index (χ2v) is 8.89. The number of hydrogen-bond acceptors (Lipinski definition) is 2. The molecular weight excluding hydrogens is 332 g/mol. The molecule has 0 unspecified atom stereocenters. The lowest BCUT2D eigenvalue weighted by atomic mass is 9.98. The Hall–Kier alpha value is -1.35. The van der Waals surface area contributed by atoms with Gasteiger partial charge in [-0.1, -0.05) is 79.7 Å². The molecule has 2 N–H and O–H groups in total. The van der Waals surface area contributed by atoms with E-state index in [0.29, 0.717) is 24.3 Å². The van der Waals surface area contributed by atoms with Crippen LogP contribution in [0.5, 0.6) is 0 Å². The zero-order valence-corrected chi connectivity index (χ0v) is 19.1. The van der Waals surface area contributed by atoms with E-state index < -0.39 is 0 Å². The van der Waals surface area contributed by atoms with Gasteiger partial charge >= 0.3 is 0 Å². The van der Waals surface area contributed by atoms with Gasteiger partial charge in [-0.05, 0) is 41.7 Å². The van der Waals surface area contributed by atoms with E-state index in [9.17, 15) is 4.79 Å². The number of hydrogen-bond donors (Lipinski definition) is 2. The molecule has 3 heteroatoms. The highest BCUT2D eigenvalue weighted by Crippen LogP contribution is 2.16. The van der Waals surface area contributed by atoms with Gasteiger partial charge < -0.3 is 10.6 Å². The lowest BCUT2D eigenvalue weighted by Gasteiger charge is -2.09. The summed E-state index contributed by atoms with van der Waals surface area (Å²) in [5, 5.41) is 6.11. The van der Waals surface area contributed by atoms with Crippen molar-refractivity contribution in [2.45, 2.75) is 86.6 Å². The van der Waals surface area contributed by atoms with Crippen LogP contribution < -0.4 is 10.6 Å². The van der Waals surface area contributed by atoms with Gasteiger partial charge in [-0.2, -0.15) is 0 Å². The van der Waals surface area contributed by atoms with E-state index in [4.69, 9.17) is 0 Å². The maximum absolute atomic E-state index is 11.2. The minimum atomic E-state index is 0.153. The molecule has 0 saturated heterocycles. The summed E-state index contributed by atoms with van der Waals surface area (Å²) in [5.74, 6) is 2.05. The first-order valence-corrected chi connectivity index (χ1v) is 10.7. The molecule has 156 valence electrons. The fourth-order valence-electron chi connectivity index (χ4n) is 2.53. The van der Waals surface area contributed by atoms with Crippen LogP contribution in [0.15, 0.2) is 24.3 Å². The number of carbonyl (C=O) groups is 1. The number of nitrogens with one attached hydrogen (secondary N) is 2. The van der Waals surface area contributed by atoms with Crippen molar-refractivity contribution in [1.82, 2.24) is 10.6 Å². The average molecular weight is 377 g/mol. The molecule has 1 amide bonds. The van der Waals surface area contributed by atoms with Crippen LogP contribution in [0.1, 0.15) is 85.3 Å². The van der Waals surface area contributed by atoms with Crippen molar-refractivity contribution >= 4 is 5.91 Å². The quantitative estimate of drug-likeness (QED) is 0.526. The molecule has 0 bridgehead atoms. The Kier molecular flexibility index (Phi) is 13.9. The molecule has 1 aromatic rings. The summed E-state index contributed by atoms with van der Waals surface area (Å²) in [7, 11) is 0. The molecule has 0 aliphatic rings. The summed E-state index contributed by atoms with van der Waals surface area (Å²) >= 11 is 0. The fraction of sp³-hybridized carbons (Fsp3) is 0.708. The molecule has 0 heterocycles. The Morgan fingerprint density at radius 3 is 1.89 bits per heavy atom. The minimum Gasteiger partial charge on any atom is -0.355 e. The number of rotatable bonds is 10. The third-order valence-corrected chi connectivity index (χ3v) is 4.25. The minimum absolute atomic E-state index is 0.153. The van der Waals surface area contributed by atoms with Crippen LogP contribution in [-0.2, 0) is 11.2 Å². The third-order valence-electron chi connectivity index (χ3n) is 4.25. The Morgan fingerprint density at radius 2 is 1.44 bits per heavy atom. The van der Waals surface area contributed by atoms with Crippen molar-refractivity contribution in [3.05, 3.63) is 35.4 Å². The second-order valence-electron chi connectivity index (χ2n) is 8.89. The standard InChI is InChI=1S/C14H22.C10H22N2O/c1-11(2)5-6-13-7-9-14(10-8-13)12(3)4;1-8(2)7-10(13)12-6-5-11-9(3)4/h7-12H,5-6H2,1-4H3;8-9,11H,5-7H2,1-4H3,(H,12,13). The molecule has 3 nitrogen and oxygen atoms in total. The number of carbonyl (C=O) groups excluding carboxylic acids is 1. The van der Waals surface area contributed by atoms with Crippen molar-refractivity contribution in [3.8, 4) is 0 Å². The molecule has 0 aliphatic heterocycles. The predicted octanol–water partition coefficient (Wildman–Crippen LogP) is 5.55. The van der Waals surface area contributed by atoms with Crippen LogP contribution in [0.4, 0.5) is 0 Å². The molecule has 27 heavy (non-hydrogen) atoms. The summed E-state index contributed by atoms with van der Waals surface area (Å²) in [6.45, 7) is 18.9. The zero-order valence-electron chi connectivity index (χ0n) is 19.1. The van der Waals surface area contributed by atoms with E-state index in [-0.39, 0.29) is 5.91 Å². The van der Waals surface area contributed by atoms with Gasteiger partial charge in [0.15, 0.2) is 0 Å². The molecule has 0 atom stereocenters. The van der Waals surface area contributed by atoms with Crippen molar-refractivity contribution in [1.29, 1.82) is 0 Å². The maximum Gasteiger partial charge on any atom is 0.220 e. The van der Waals surface area contributed by atoms with E-state index in [1.165, 1.54) is 24.0 Å². The van der Waals surface area contributed by atoms with Gasteiger partial charge in [-0.25, -0.2) is 0 Å². The van der Waals surface area contributed by atoms with Gasteiger partial charge in [-0.3, -0.25) is 4.79 Å². The summed E-state index contributed by atoms with van der Waals surface area (Å²) < 4.78 is 0. The van der Waals surface area contributed by atoms with E-state index in [2.05, 4.69) is 76.4 Å². The van der Waals surface area contributed by atoms with Gasteiger partial charge in [0.2, 0.25) is 5.91 Å². The van der Waals surface area contributed by atoms with Gasteiger partial charge in [0.05, 0.1) is 0 Å². The van der Waals surface area contributed by atoms with Crippen molar-refractivity contribution in [2.75, 3.05) is 13.1 Å². The average Bonchev–Trinajstić information content (AvgIpc) is 2.57. The van der Waals surface area contributed by atoms with Crippen LogP contribution in [0.3, 0.4) is 0 Å². The Labute approximate surface area is 168 Å². The fourth-order valence-corrected chi connectivity index (χ4v) is 2.53.